The molecule has 0 spiro atoms. The van der Waals surface area contributed by atoms with Crippen molar-refractivity contribution >= 4 is 55.9 Å². The molecular formula is C20H29BiN4O10S. The number of carbonyl (C=O) groups is 3. The minimum atomic E-state index is -2.97. The second-order valence-electron chi connectivity index (χ2n) is 7.53. The van der Waals surface area contributed by atoms with Crippen molar-refractivity contribution in [3.05, 3.63) is 45.3 Å². The number of nitro groups is 1. The molecule has 0 saturated carbocycles. The van der Waals surface area contributed by atoms with Crippen LogP contribution in [0.2, 0.25) is 0 Å². The Kier molecular flexibility index (Phi) is 17.8. The summed E-state index contributed by atoms with van der Waals surface area (Å²) < 4.78 is 5.83. The third kappa shape index (κ3) is 15.6. The number of nitrogens with one attached hydrogen (secondary N) is 2. The Labute approximate surface area is 231 Å². The Balaban J connectivity index is 0. The molecule has 2 radical (unpaired) electrons. The predicted octanol–water partition coefficient (Wildman–Crippen LogP) is -3.87. The molecule has 0 atom stereocenters. The Morgan fingerprint density at radius 3 is 2.19 bits per heavy atom. The van der Waals surface area contributed by atoms with Crippen LogP contribution in [0.4, 0.5) is 0 Å². The Bertz CT molecular complexity index is 891. The molecule has 0 aromatic carbocycles. The van der Waals surface area contributed by atoms with Crippen LogP contribution in [-0.4, -0.2) is 98.1 Å². The monoisotopic (exact) mass is 726 g/mol. The Hall–Kier alpha value is -2.42. The number of aliphatic carboxylic acids is 3. The summed E-state index contributed by atoms with van der Waals surface area (Å²) in [5, 5.41) is 55.0. The molecule has 0 aliphatic carbocycles. The minimum absolute atomic E-state index is 0. The fraction of sp³-hybridized carbons (Fsp3) is 0.550. The van der Waals surface area contributed by atoms with Gasteiger partial charge in [0.25, 0.3) is 6.20 Å². The molecule has 0 aliphatic rings. The number of carbonyl (C=O) groups excluding carboxylic acids is 3. The molecule has 200 valence electrons. The van der Waals surface area contributed by atoms with E-state index in [4.69, 9.17) is 9.52 Å². The van der Waals surface area contributed by atoms with Crippen molar-refractivity contribution in [2.75, 3.05) is 33.4 Å². The molecule has 0 unspecified atom stereocenters. The molecule has 0 aliphatic heterocycles. The maximum absolute atomic E-state index is 10.4. The van der Waals surface area contributed by atoms with E-state index in [0.717, 1.165) is 35.8 Å². The van der Waals surface area contributed by atoms with Gasteiger partial charge >= 0.3 is 26.2 Å². The van der Waals surface area contributed by atoms with Crippen molar-refractivity contribution in [2.24, 2.45) is 0 Å². The van der Waals surface area contributed by atoms with Crippen LogP contribution in [0.5, 0.6) is 0 Å². The molecular weight excluding hydrogens is 697 g/mol. The summed E-state index contributed by atoms with van der Waals surface area (Å²) in [4.78, 5) is 42.0. The number of furan rings is 1. The molecule has 0 fully saturated rings. The largest absolute Gasteiger partial charge is 3.00 e. The maximum Gasteiger partial charge on any atom is 3.00 e. The fourth-order valence-electron chi connectivity index (χ4n) is 2.52. The van der Waals surface area contributed by atoms with Gasteiger partial charge in [-0.25, -0.2) is 0 Å². The summed E-state index contributed by atoms with van der Waals surface area (Å²) in [6.45, 7) is 3.50. The van der Waals surface area contributed by atoms with Crippen molar-refractivity contribution in [3.8, 4) is 0 Å². The van der Waals surface area contributed by atoms with Crippen molar-refractivity contribution in [2.45, 2.75) is 37.7 Å². The van der Waals surface area contributed by atoms with Gasteiger partial charge in [-0.3, -0.25) is 10.1 Å². The minimum Gasteiger partial charge on any atom is -0.550 e. The van der Waals surface area contributed by atoms with E-state index >= 15 is 0 Å². The molecule has 0 amide bonds. The topological polar surface area (TPSA) is 224 Å². The number of thioether (sulfide) groups is 1. The number of hydrogen-bond acceptors (Lipinski definition) is 14. The summed E-state index contributed by atoms with van der Waals surface area (Å²) in [6.07, 6.45) is -1.79. The number of hydrogen-bond donors (Lipinski definition) is 3. The van der Waals surface area contributed by atoms with E-state index in [0.29, 0.717) is 12.4 Å². The molecule has 1 heterocycles. The third-order valence-corrected chi connectivity index (χ3v) is 5.08. The quantitative estimate of drug-likeness (QED) is 0.0681. The first-order valence-corrected chi connectivity index (χ1v) is 11.3. The first-order chi connectivity index (χ1) is 16.2. The second-order valence-corrected chi connectivity index (χ2v) is 8.64. The van der Waals surface area contributed by atoms with E-state index in [1.165, 1.54) is 5.56 Å². The van der Waals surface area contributed by atoms with E-state index in [2.05, 4.69) is 28.5 Å². The van der Waals surface area contributed by atoms with Crippen LogP contribution in [0.1, 0.15) is 29.9 Å². The van der Waals surface area contributed by atoms with Gasteiger partial charge < -0.3 is 54.8 Å². The molecule has 1 aromatic rings. The summed E-state index contributed by atoms with van der Waals surface area (Å²) >= 11 is 1.72. The van der Waals surface area contributed by atoms with Crippen molar-refractivity contribution in [3.63, 3.8) is 0 Å². The van der Waals surface area contributed by atoms with Gasteiger partial charge in [0.2, 0.25) is 0 Å². The molecule has 16 heteroatoms. The Morgan fingerprint density at radius 1 is 1.22 bits per heavy atom. The van der Waals surface area contributed by atoms with E-state index in [9.17, 15) is 39.8 Å². The normalized spacial score (nSPS) is 11.1. The van der Waals surface area contributed by atoms with Gasteiger partial charge in [-0.1, -0.05) is 0 Å². The first-order valence-electron chi connectivity index (χ1n) is 10.1. The van der Waals surface area contributed by atoms with Crippen LogP contribution in [-0.2, 0) is 26.7 Å². The zero-order valence-electron chi connectivity index (χ0n) is 20.3. The Morgan fingerprint density at radius 2 is 1.78 bits per heavy atom. The average molecular weight is 727 g/mol. The van der Waals surface area contributed by atoms with Crippen LogP contribution in [0.3, 0.4) is 0 Å². The van der Waals surface area contributed by atoms with Crippen LogP contribution >= 0.6 is 11.8 Å². The zero-order valence-corrected chi connectivity index (χ0v) is 24.6. The number of carboxylic acid groups (broad SMARTS) is 3. The molecule has 0 bridgehead atoms. The van der Waals surface area contributed by atoms with Gasteiger partial charge in [-0.15, -0.1) is 0 Å². The third-order valence-electron chi connectivity index (χ3n) is 4.09. The number of rotatable bonds is 15. The summed E-state index contributed by atoms with van der Waals surface area (Å²) in [5.74, 6) is -1.97. The van der Waals surface area contributed by atoms with E-state index in [1.807, 2.05) is 14.1 Å². The van der Waals surface area contributed by atoms with Crippen LogP contribution in [0.15, 0.2) is 22.5 Å². The smallest absolute Gasteiger partial charge is 0.550 e. The van der Waals surface area contributed by atoms with Gasteiger partial charge in [-0.2, -0.15) is 11.8 Å². The van der Waals surface area contributed by atoms with Gasteiger partial charge in [0.05, 0.1) is 23.2 Å². The first kappa shape index (κ1) is 35.7. The molecule has 3 N–H and O–H groups in total. The van der Waals surface area contributed by atoms with Crippen molar-refractivity contribution in [1.29, 1.82) is 0 Å². The van der Waals surface area contributed by atoms with Crippen molar-refractivity contribution in [1.82, 2.24) is 15.5 Å². The average Bonchev–Trinajstić information content (AvgIpc) is 3.04. The number of aryl methyl sites for hydroxylation is 1. The maximum atomic E-state index is 10.4. The van der Waals surface area contributed by atoms with Gasteiger partial charge in [0.1, 0.15) is 17.1 Å². The fourth-order valence-corrected chi connectivity index (χ4v) is 3.26. The van der Waals surface area contributed by atoms with Crippen LogP contribution < -0.4 is 26.0 Å². The second kappa shape index (κ2) is 17.9. The molecule has 0 saturated heterocycles. The summed E-state index contributed by atoms with van der Waals surface area (Å²) in [7, 11) is 5.67. The SMILES string of the molecule is CNC(=C[N+](=O)[O-])NCCSCc1cc(C)c(CN(C)C)o1.O=C([O-])CC(O)(CC(=O)[O-])C(=O)[O-].[Bi+3]. The molecule has 1 rings (SSSR count). The zero-order chi connectivity index (χ0) is 27.2. The number of aliphatic hydroxyl groups is 1. The van der Waals surface area contributed by atoms with Gasteiger partial charge in [-0.05, 0) is 32.6 Å². The molecule has 1 aromatic heterocycles. The van der Waals surface area contributed by atoms with E-state index in [-0.39, 0.29) is 26.2 Å². The van der Waals surface area contributed by atoms with E-state index in [1.54, 1.807) is 18.8 Å². The van der Waals surface area contributed by atoms with Crippen LogP contribution in [0.25, 0.3) is 0 Å². The number of nitrogens with zero attached hydrogens (tertiary/aromatic N) is 2. The number of carboxylic acids is 3. The standard InChI is InChI=1S/C14H24N4O3S.C6H8O7.Bi/c1-11-7-12(21-13(11)8-17(3)4)10-22-6-5-16-14(15-2)9-18(19)20;7-3(8)1-6(13,5(11)12)2-4(9)10;/h7,9,15-16H,5-6,8,10H2,1-4H3;13H,1-2H2,(H,7,8)(H,9,10)(H,11,12);/q;;+3/p-3. The van der Waals surface area contributed by atoms with Crippen LogP contribution in [0, 0.1) is 17.0 Å². The van der Waals surface area contributed by atoms with Crippen molar-refractivity contribution < 1.29 is 44.2 Å². The summed E-state index contributed by atoms with van der Waals surface area (Å²) in [5.41, 5.74) is -1.80. The van der Waals surface area contributed by atoms with Gasteiger partial charge in [0, 0.05) is 44.1 Å². The predicted molar refractivity (Wildman–Crippen MR) is 124 cm³/mol. The molecule has 14 nitrogen and oxygen atoms in total. The summed E-state index contributed by atoms with van der Waals surface area (Å²) in [6, 6.07) is 2.07. The molecule has 36 heavy (non-hydrogen) atoms. The van der Waals surface area contributed by atoms with E-state index < -0.39 is 41.3 Å². The van der Waals surface area contributed by atoms with Gasteiger partial charge in [0.15, 0.2) is 5.82 Å².